The van der Waals surface area contributed by atoms with Crippen molar-refractivity contribution in [2.75, 3.05) is 11.9 Å². The van der Waals surface area contributed by atoms with Gasteiger partial charge in [-0.15, -0.1) is 0 Å². The fraction of sp³-hybridized carbons (Fsp3) is 0.500. The van der Waals surface area contributed by atoms with E-state index in [9.17, 15) is 4.79 Å². The van der Waals surface area contributed by atoms with Crippen LogP contribution in [0.25, 0.3) is 0 Å². The van der Waals surface area contributed by atoms with Crippen molar-refractivity contribution in [1.82, 2.24) is 0 Å². The molecule has 1 saturated carbocycles. The van der Waals surface area contributed by atoms with Crippen molar-refractivity contribution in [3.63, 3.8) is 0 Å². The molecule has 0 aliphatic heterocycles. The minimum Gasteiger partial charge on any atom is -0.328 e. The second kappa shape index (κ2) is 5.85. The van der Waals surface area contributed by atoms with Crippen LogP contribution in [-0.4, -0.2) is 19.0 Å². The first-order chi connectivity index (χ1) is 8.58. The number of anilines is 1. The summed E-state index contributed by atoms with van der Waals surface area (Å²) in [7, 11) is 1.85. The van der Waals surface area contributed by atoms with E-state index in [0.29, 0.717) is 0 Å². The topological polar surface area (TPSA) is 46.3 Å². The molecule has 0 saturated heterocycles. The van der Waals surface area contributed by atoms with Crippen molar-refractivity contribution in [3.05, 3.63) is 28.7 Å². The van der Waals surface area contributed by atoms with Gasteiger partial charge in [0.05, 0.1) is 0 Å². The lowest BCUT2D eigenvalue weighted by Gasteiger charge is -2.29. The minimum absolute atomic E-state index is 0.137. The number of amides is 1. The zero-order valence-electron chi connectivity index (χ0n) is 10.6. The molecule has 1 aliphatic carbocycles. The minimum atomic E-state index is 0.137. The largest absolute Gasteiger partial charge is 0.328 e. The highest BCUT2D eigenvalue weighted by atomic mass is 79.9. The van der Waals surface area contributed by atoms with Crippen LogP contribution < -0.4 is 10.6 Å². The average molecular weight is 311 g/mol. The molecule has 0 aromatic heterocycles. The van der Waals surface area contributed by atoms with Gasteiger partial charge in [0.2, 0.25) is 5.91 Å². The molecule has 98 valence electrons. The smallest absolute Gasteiger partial charge is 0.229 e. The molecule has 0 heterocycles. The van der Waals surface area contributed by atoms with E-state index in [2.05, 4.69) is 15.9 Å². The van der Waals surface area contributed by atoms with Crippen molar-refractivity contribution >= 4 is 27.5 Å². The van der Waals surface area contributed by atoms with Gasteiger partial charge in [0.15, 0.2) is 0 Å². The molecular formula is C14H19BrN2O. The summed E-state index contributed by atoms with van der Waals surface area (Å²) in [4.78, 5) is 14.1. The number of carbonyl (C=O) groups excluding carboxylic acids is 1. The molecule has 1 fully saturated rings. The van der Waals surface area contributed by atoms with Crippen molar-refractivity contribution in [1.29, 1.82) is 0 Å². The van der Waals surface area contributed by atoms with Crippen LogP contribution in [-0.2, 0) is 4.79 Å². The predicted octanol–water partition coefficient (Wildman–Crippen LogP) is 2.93. The molecule has 1 aromatic carbocycles. The monoisotopic (exact) mass is 310 g/mol. The van der Waals surface area contributed by atoms with Crippen LogP contribution in [0.4, 0.5) is 5.69 Å². The van der Waals surface area contributed by atoms with Crippen molar-refractivity contribution in [2.24, 2.45) is 11.7 Å². The van der Waals surface area contributed by atoms with Gasteiger partial charge in [-0.3, -0.25) is 4.79 Å². The zero-order valence-corrected chi connectivity index (χ0v) is 12.2. The van der Waals surface area contributed by atoms with Crippen molar-refractivity contribution in [3.8, 4) is 0 Å². The van der Waals surface area contributed by atoms with Crippen molar-refractivity contribution in [2.45, 2.75) is 31.7 Å². The maximum atomic E-state index is 12.4. The first kappa shape index (κ1) is 13.6. The number of hydrogen-bond acceptors (Lipinski definition) is 2. The van der Waals surface area contributed by atoms with E-state index in [1.54, 1.807) is 4.90 Å². The summed E-state index contributed by atoms with van der Waals surface area (Å²) in [6.07, 6.45) is 3.76. The Kier molecular flexibility index (Phi) is 4.40. The maximum Gasteiger partial charge on any atom is 0.229 e. The molecule has 0 spiro atoms. The number of benzene rings is 1. The van der Waals surface area contributed by atoms with Crippen molar-refractivity contribution < 1.29 is 4.79 Å². The van der Waals surface area contributed by atoms with Crippen LogP contribution in [0.15, 0.2) is 28.7 Å². The van der Waals surface area contributed by atoms with Crippen LogP contribution in [0.5, 0.6) is 0 Å². The molecule has 0 bridgehead atoms. The van der Waals surface area contributed by atoms with E-state index in [4.69, 9.17) is 5.73 Å². The lowest BCUT2D eigenvalue weighted by molar-refractivity contribution is -0.123. The summed E-state index contributed by atoms with van der Waals surface area (Å²) >= 11 is 3.40. The molecule has 1 aromatic rings. The number of hydrogen-bond donors (Lipinski definition) is 1. The van der Waals surface area contributed by atoms with Crippen LogP contribution in [0, 0.1) is 5.92 Å². The first-order valence-electron chi connectivity index (χ1n) is 6.36. The molecule has 18 heavy (non-hydrogen) atoms. The molecular weight excluding hydrogens is 292 g/mol. The van der Waals surface area contributed by atoms with Gasteiger partial charge in [-0.05, 0) is 49.9 Å². The molecule has 0 unspecified atom stereocenters. The zero-order chi connectivity index (χ0) is 13.1. The van der Waals surface area contributed by atoms with Gasteiger partial charge in [-0.2, -0.15) is 0 Å². The van der Waals surface area contributed by atoms with Crippen LogP contribution >= 0.6 is 15.9 Å². The van der Waals surface area contributed by atoms with E-state index in [0.717, 1.165) is 35.8 Å². The lowest BCUT2D eigenvalue weighted by Crippen LogP contribution is -2.37. The summed E-state index contributed by atoms with van der Waals surface area (Å²) in [5.41, 5.74) is 6.81. The summed E-state index contributed by atoms with van der Waals surface area (Å²) in [6, 6.07) is 8.10. The van der Waals surface area contributed by atoms with E-state index in [1.807, 2.05) is 31.3 Å². The molecule has 0 radical (unpaired) electrons. The van der Waals surface area contributed by atoms with Gasteiger partial charge >= 0.3 is 0 Å². The predicted molar refractivity (Wildman–Crippen MR) is 77.5 cm³/mol. The van der Waals surface area contributed by atoms with Crippen LogP contribution in [0.1, 0.15) is 25.7 Å². The standard InChI is InChI=1S/C14H19BrN2O/c1-17(13-8-4-11(15)5-9-13)14(18)10-2-6-12(16)7-3-10/h4-5,8-10,12H,2-3,6-7,16H2,1H3. The quantitative estimate of drug-likeness (QED) is 0.913. The fourth-order valence-electron chi connectivity index (χ4n) is 2.43. The Morgan fingerprint density at radius 1 is 1.22 bits per heavy atom. The molecule has 2 N–H and O–H groups in total. The Labute approximate surface area is 116 Å². The third-order valence-electron chi connectivity index (χ3n) is 3.67. The van der Waals surface area contributed by atoms with E-state index >= 15 is 0 Å². The molecule has 4 heteroatoms. The average Bonchev–Trinajstić information content (AvgIpc) is 2.39. The van der Waals surface area contributed by atoms with Crippen LogP contribution in [0.3, 0.4) is 0 Å². The normalized spacial score (nSPS) is 23.7. The van der Waals surface area contributed by atoms with Gasteiger partial charge < -0.3 is 10.6 Å². The number of rotatable bonds is 2. The van der Waals surface area contributed by atoms with Gasteiger partial charge in [0.1, 0.15) is 0 Å². The fourth-order valence-corrected chi connectivity index (χ4v) is 2.70. The Balaban J connectivity index is 2.02. The third-order valence-corrected chi connectivity index (χ3v) is 4.19. The Hall–Kier alpha value is -0.870. The highest BCUT2D eigenvalue weighted by Crippen LogP contribution is 2.27. The lowest BCUT2D eigenvalue weighted by atomic mass is 9.85. The van der Waals surface area contributed by atoms with E-state index < -0.39 is 0 Å². The van der Waals surface area contributed by atoms with Crippen LogP contribution in [0.2, 0.25) is 0 Å². The summed E-state index contributed by atoms with van der Waals surface area (Å²) < 4.78 is 1.02. The number of halogens is 1. The molecule has 1 aliphatic rings. The van der Waals surface area contributed by atoms with Gasteiger partial charge in [0.25, 0.3) is 0 Å². The molecule has 0 atom stereocenters. The summed E-state index contributed by atoms with van der Waals surface area (Å²) in [6.45, 7) is 0. The second-order valence-electron chi connectivity index (χ2n) is 4.99. The summed E-state index contributed by atoms with van der Waals surface area (Å²) in [5, 5.41) is 0. The highest BCUT2D eigenvalue weighted by molar-refractivity contribution is 9.10. The molecule has 2 rings (SSSR count). The Morgan fingerprint density at radius 3 is 2.33 bits per heavy atom. The van der Waals surface area contributed by atoms with Gasteiger partial charge in [0, 0.05) is 29.2 Å². The molecule has 3 nitrogen and oxygen atoms in total. The molecule has 1 amide bonds. The van der Waals surface area contributed by atoms with Gasteiger partial charge in [-0.1, -0.05) is 15.9 Å². The third kappa shape index (κ3) is 3.12. The van der Waals surface area contributed by atoms with E-state index in [1.165, 1.54) is 0 Å². The maximum absolute atomic E-state index is 12.4. The SMILES string of the molecule is CN(C(=O)C1CCC(N)CC1)c1ccc(Br)cc1. The highest BCUT2D eigenvalue weighted by Gasteiger charge is 2.27. The Morgan fingerprint density at radius 2 is 1.78 bits per heavy atom. The summed E-state index contributed by atoms with van der Waals surface area (Å²) in [5.74, 6) is 0.350. The number of nitrogens with two attached hydrogens (primary N) is 1. The second-order valence-corrected chi connectivity index (χ2v) is 5.90. The Bertz CT molecular complexity index is 410. The van der Waals surface area contributed by atoms with E-state index in [-0.39, 0.29) is 17.9 Å². The number of nitrogens with zero attached hydrogens (tertiary/aromatic N) is 1. The van der Waals surface area contributed by atoms with Gasteiger partial charge in [-0.25, -0.2) is 0 Å². The number of carbonyl (C=O) groups is 1. The first-order valence-corrected chi connectivity index (χ1v) is 7.16.